The molecule has 3 aromatic heterocycles. The Kier molecular flexibility index (Phi) is 3.52. The average molecular weight is 380 g/mol. The smallest absolute Gasteiger partial charge is 0.193 e. The van der Waals surface area contributed by atoms with E-state index in [-0.39, 0.29) is 0 Å². The van der Waals surface area contributed by atoms with E-state index in [1.54, 1.807) is 6.07 Å². The fraction of sp³-hybridized carbons (Fsp3) is 0. The lowest BCUT2D eigenvalue weighted by atomic mass is 10.1. The van der Waals surface area contributed by atoms with Gasteiger partial charge in [-0.3, -0.25) is 0 Å². The molecule has 5 aromatic rings. The van der Waals surface area contributed by atoms with Crippen LogP contribution in [0.4, 0.5) is 0 Å². The molecule has 26 heavy (non-hydrogen) atoms. The minimum absolute atomic E-state index is 0.324. The van der Waals surface area contributed by atoms with Crippen molar-refractivity contribution in [2.75, 3.05) is 0 Å². The molecule has 0 saturated heterocycles. The Labute approximate surface area is 158 Å². The van der Waals surface area contributed by atoms with E-state index in [9.17, 15) is 0 Å². The van der Waals surface area contributed by atoms with E-state index in [0.29, 0.717) is 21.6 Å². The van der Waals surface area contributed by atoms with Gasteiger partial charge in [-0.2, -0.15) is 0 Å². The van der Waals surface area contributed by atoms with Crippen molar-refractivity contribution in [3.05, 3.63) is 77.0 Å². The van der Waals surface area contributed by atoms with Gasteiger partial charge in [0.15, 0.2) is 10.8 Å². The normalized spacial score (nSPS) is 11.5. The highest BCUT2D eigenvalue weighted by atomic mass is 35.5. The first kappa shape index (κ1) is 15.5. The van der Waals surface area contributed by atoms with Gasteiger partial charge in [0.2, 0.25) is 0 Å². The second-order valence-corrected chi connectivity index (χ2v) is 6.75. The predicted octanol–water partition coefficient (Wildman–Crippen LogP) is 7.21. The Bertz CT molecular complexity index is 1270. The number of halogens is 2. The number of para-hydroxylation sites is 1. The molecular weight excluding hydrogens is 369 g/mol. The van der Waals surface area contributed by atoms with Gasteiger partial charge in [0.1, 0.15) is 16.9 Å². The monoisotopic (exact) mass is 379 g/mol. The molecule has 0 saturated carbocycles. The molecule has 0 spiro atoms. The Morgan fingerprint density at radius 1 is 0.808 bits per heavy atom. The minimum atomic E-state index is 0.324. The van der Waals surface area contributed by atoms with Gasteiger partial charge in [-0.15, -0.1) is 0 Å². The van der Waals surface area contributed by atoms with Crippen LogP contribution in [0.5, 0.6) is 0 Å². The van der Waals surface area contributed by atoms with Gasteiger partial charge in [0.25, 0.3) is 0 Å². The standard InChI is InChI=1S/C21H11Cl2NO2/c22-13-5-3-4-12(10-13)16-11-15(18-8-9-19(23)25-18)21-20(24-16)14-6-1-2-7-17(14)26-21/h1-11H. The third-order valence-corrected chi connectivity index (χ3v) is 4.72. The number of benzene rings is 2. The number of aromatic nitrogens is 1. The first-order valence-electron chi connectivity index (χ1n) is 8.03. The Balaban J connectivity index is 1.88. The average Bonchev–Trinajstić information content (AvgIpc) is 3.24. The number of fused-ring (bicyclic) bond motifs is 3. The van der Waals surface area contributed by atoms with E-state index < -0.39 is 0 Å². The van der Waals surface area contributed by atoms with Crippen molar-refractivity contribution in [3.8, 4) is 22.6 Å². The molecule has 2 aromatic carbocycles. The maximum atomic E-state index is 6.16. The van der Waals surface area contributed by atoms with Crippen LogP contribution in [0.15, 0.2) is 75.6 Å². The van der Waals surface area contributed by atoms with Crippen LogP contribution in [0.1, 0.15) is 0 Å². The summed E-state index contributed by atoms with van der Waals surface area (Å²) in [5.74, 6) is 0.629. The van der Waals surface area contributed by atoms with Crippen molar-refractivity contribution in [1.82, 2.24) is 4.98 Å². The van der Waals surface area contributed by atoms with E-state index in [2.05, 4.69) is 0 Å². The zero-order chi connectivity index (χ0) is 17.7. The Morgan fingerprint density at radius 2 is 1.69 bits per heavy atom. The molecule has 0 atom stereocenters. The number of furan rings is 2. The summed E-state index contributed by atoms with van der Waals surface area (Å²) in [5.41, 5.74) is 4.73. The number of pyridine rings is 1. The molecule has 0 amide bonds. The molecule has 0 unspecified atom stereocenters. The van der Waals surface area contributed by atoms with Gasteiger partial charge in [-0.1, -0.05) is 35.9 Å². The van der Waals surface area contributed by atoms with Crippen LogP contribution < -0.4 is 0 Å². The highest BCUT2D eigenvalue weighted by Crippen LogP contribution is 2.38. The van der Waals surface area contributed by atoms with Crippen LogP contribution in [-0.4, -0.2) is 4.98 Å². The summed E-state index contributed by atoms with van der Waals surface area (Å²) < 4.78 is 11.7. The van der Waals surface area contributed by atoms with Crippen LogP contribution in [-0.2, 0) is 0 Å². The van der Waals surface area contributed by atoms with Crippen LogP contribution in [0, 0.1) is 0 Å². The lowest BCUT2D eigenvalue weighted by Gasteiger charge is -2.05. The highest BCUT2D eigenvalue weighted by Gasteiger charge is 2.18. The van der Waals surface area contributed by atoms with E-state index in [1.165, 1.54) is 0 Å². The number of hydrogen-bond donors (Lipinski definition) is 0. The molecule has 3 nitrogen and oxygen atoms in total. The predicted molar refractivity (Wildman–Crippen MR) is 105 cm³/mol. The summed E-state index contributed by atoms with van der Waals surface area (Å²) in [5, 5.41) is 1.93. The van der Waals surface area contributed by atoms with E-state index >= 15 is 0 Å². The fourth-order valence-corrected chi connectivity index (χ4v) is 3.45. The topological polar surface area (TPSA) is 39.2 Å². The molecule has 0 radical (unpaired) electrons. The van der Waals surface area contributed by atoms with Crippen molar-refractivity contribution >= 4 is 45.3 Å². The lowest BCUT2D eigenvalue weighted by molar-refractivity contribution is 0.582. The second kappa shape index (κ2) is 5.90. The molecule has 0 aliphatic rings. The summed E-state index contributed by atoms with van der Waals surface area (Å²) in [4.78, 5) is 4.84. The van der Waals surface area contributed by atoms with Gasteiger partial charge in [-0.25, -0.2) is 4.98 Å². The molecule has 0 aliphatic heterocycles. The Hall–Kier alpha value is -2.75. The molecule has 5 heteroatoms. The maximum Gasteiger partial charge on any atom is 0.193 e. The van der Waals surface area contributed by atoms with Gasteiger partial charge >= 0.3 is 0 Å². The molecular formula is C21H11Cl2NO2. The first-order chi connectivity index (χ1) is 12.7. The van der Waals surface area contributed by atoms with E-state index in [0.717, 1.165) is 33.3 Å². The first-order valence-corrected chi connectivity index (χ1v) is 8.78. The van der Waals surface area contributed by atoms with Crippen LogP contribution in [0.3, 0.4) is 0 Å². The van der Waals surface area contributed by atoms with Gasteiger partial charge < -0.3 is 8.83 Å². The van der Waals surface area contributed by atoms with Gasteiger partial charge in [0, 0.05) is 16.0 Å². The van der Waals surface area contributed by atoms with Crippen molar-refractivity contribution in [3.63, 3.8) is 0 Å². The number of nitrogens with zero attached hydrogens (tertiary/aromatic N) is 1. The molecule has 0 N–H and O–H groups in total. The fourth-order valence-electron chi connectivity index (χ4n) is 3.12. The molecule has 0 bridgehead atoms. The quantitative estimate of drug-likeness (QED) is 0.325. The summed E-state index contributed by atoms with van der Waals surface area (Å²) in [6.07, 6.45) is 0. The van der Waals surface area contributed by atoms with Crippen molar-refractivity contribution < 1.29 is 8.83 Å². The van der Waals surface area contributed by atoms with Crippen molar-refractivity contribution in [1.29, 1.82) is 0 Å². The third kappa shape index (κ3) is 2.48. The molecule has 0 fully saturated rings. The summed E-state index contributed by atoms with van der Waals surface area (Å²) >= 11 is 12.2. The number of rotatable bonds is 2. The third-order valence-electron chi connectivity index (χ3n) is 4.29. The van der Waals surface area contributed by atoms with Gasteiger partial charge in [0.05, 0.1) is 11.3 Å². The second-order valence-electron chi connectivity index (χ2n) is 5.95. The number of hydrogen-bond acceptors (Lipinski definition) is 3. The molecule has 5 rings (SSSR count). The van der Waals surface area contributed by atoms with Gasteiger partial charge in [-0.05, 0) is 54.1 Å². The van der Waals surface area contributed by atoms with Crippen LogP contribution in [0.25, 0.3) is 44.7 Å². The molecule has 3 heterocycles. The van der Waals surface area contributed by atoms with Crippen molar-refractivity contribution in [2.24, 2.45) is 0 Å². The van der Waals surface area contributed by atoms with Crippen molar-refractivity contribution in [2.45, 2.75) is 0 Å². The SMILES string of the molecule is Clc1cccc(-c2cc(-c3ccc(Cl)o3)c3oc4ccccc4c3n2)c1. The van der Waals surface area contributed by atoms with Crippen LogP contribution in [0.2, 0.25) is 10.2 Å². The summed E-state index contributed by atoms with van der Waals surface area (Å²) in [6, 6.07) is 20.9. The molecule has 0 aliphatic carbocycles. The summed E-state index contributed by atoms with van der Waals surface area (Å²) in [6.45, 7) is 0. The zero-order valence-corrected chi connectivity index (χ0v) is 14.9. The van der Waals surface area contributed by atoms with E-state index in [1.807, 2.05) is 60.7 Å². The maximum absolute atomic E-state index is 6.16. The van der Waals surface area contributed by atoms with E-state index in [4.69, 9.17) is 37.0 Å². The largest absolute Gasteiger partial charge is 0.454 e. The highest BCUT2D eigenvalue weighted by molar-refractivity contribution is 6.30. The molecule has 126 valence electrons. The zero-order valence-electron chi connectivity index (χ0n) is 13.4. The Morgan fingerprint density at radius 3 is 2.50 bits per heavy atom. The lowest BCUT2D eigenvalue weighted by Crippen LogP contribution is -1.87. The van der Waals surface area contributed by atoms with Crippen LogP contribution >= 0.6 is 23.2 Å². The summed E-state index contributed by atoms with van der Waals surface area (Å²) in [7, 11) is 0. The minimum Gasteiger partial charge on any atom is -0.454 e.